The highest BCUT2D eigenvalue weighted by atomic mass is 16.7. The molecule has 0 bridgehead atoms. The van der Waals surface area contributed by atoms with Crippen LogP contribution in [0.25, 0.3) is 0 Å². The van der Waals surface area contributed by atoms with Crippen LogP contribution in [-0.4, -0.2) is 269 Å². The third-order valence-electron chi connectivity index (χ3n) is 27.3. The lowest BCUT2D eigenvalue weighted by Gasteiger charge is -2.59. The molecule has 29 nitrogen and oxygen atoms in total. The molecule has 0 radical (unpaired) electrons. The van der Waals surface area contributed by atoms with Gasteiger partial charge in [0, 0.05) is 115 Å². The molecule has 7 amide bonds. The summed E-state index contributed by atoms with van der Waals surface area (Å²) in [5.41, 5.74) is -2.63. The zero-order valence-corrected chi connectivity index (χ0v) is 78.6. The van der Waals surface area contributed by atoms with Gasteiger partial charge in [0.05, 0.1) is 37.2 Å². The van der Waals surface area contributed by atoms with Crippen molar-refractivity contribution in [1.82, 2.24) is 34.3 Å². The number of ether oxygens (including phenoxy) is 4. The molecule has 29 heteroatoms. The quantitative estimate of drug-likeness (QED) is 0.0462. The first-order chi connectivity index (χ1) is 57.2. The largest absolute Gasteiger partial charge is 0.456 e. The Morgan fingerprint density at radius 2 is 1.06 bits per heavy atom. The summed E-state index contributed by atoms with van der Waals surface area (Å²) >= 11 is 0. The van der Waals surface area contributed by atoms with Crippen LogP contribution in [0.4, 0.5) is 0 Å². The number of ketones is 6. The Morgan fingerprint density at radius 1 is 0.553 bits per heavy atom. The fraction of sp³-hybridized carbons (Fsp3) is 0.766. The molecule has 1 heterocycles. The number of hydrogen-bond donors (Lipinski definition) is 2. The van der Waals surface area contributed by atoms with Crippen molar-refractivity contribution in [2.75, 3.05) is 82.5 Å². The van der Waals surface area contributed by atoms with Gasteiger partial charge in [0.15, 0.2) is 29.7 Å². The number of aliphatic hydroxyl groups excluding tert-OH is 1. The molecule has 4 aliphatic carbocycles. The number of hydrogen-bond acceptors (Lipinski definition) is 22. The van der Waals surface area contributed by atoms with Crippen LogP contribution in [0.1, 0.15) is 234 Å². The number of amides is 7. The number of nitrogens with zero attached hydrogens (tertiary/aromatic N) is 7. The first kappa shape index (κ1) is 105. The lowest BCUT2D eigenvalue weighted by molar-refractivity contribution is -0.182. The minimum absolute atomic E-state index is 0.0203. The van der Waals surface area contributed by atoms with E-state index < -0.39 is 235 Å². The number of rotatable bonds is 26. The van der Waals surface area contributed by atoms with Crippen molar-refractivity contribution >= 4 is 94.0 Å². The van der Waals surface area contributed by atoms with Crippen molar-refractivity contribution < 1.29 is 106 Å². The highest BCUT2D eigenvalue weighted by Crippen LogP contribution is 2.67. The molecule has 19 atom stereocenters. The summed E-state index contributed by atoms with van der Waals surface area (Å²) in [5.74, 6) is -18.5. The van der Waals surface area contributed by atoms with E-state index in [1.807, 2.05) is 68.4 Å². The standard InChI is InChI=1S/C94H149N7O22/c1-27-29-30-59(15)67(46-80(110)122-52-123-82(112)51-120-50-81(111)121-49-78(108)94(119)36-34-68-65-32-31-63-44-64(102)33-35-92(63,18)83(65)77(107)47-93(68,94)19)85-76(106)43-62(28-2)87(114)95(20)48-79(109)96(21)69(37-53(3)4)75(105)45-66(57(11)12)88(115)97(22)70(38-54(5)6)74(104)41-60(16)73(103)42-61(17)86(113)98(23)71(39-55(7)8)89(116)99(24)72(40-56(9)10)90(117)100(25)84(58(13)14)91(118)101(85)26/h27,29,33,35,44,53-62,65-72,77,83-85,107,119H,28,30-32,34,36-43,45-52H2,1-26H3/b29-27+/t59-,60+,61-,62+,65?,66-,67-,68?,69+,70-,71-,72-,77+,83?,84-,85-,92+,93+,94+/m1/s1. The molecule has 1 aliphatic heterocycles. The number of esters is 3. The van der Waals surface area contributed by atoms with E-state index in [2.05, 4.69) is 0 Å². The summed E-state index contributed by atoms with van der Waals surface area (Å²) in [6.45, 7) is 30.0. The first-order valence-electron chi connectivity index (χ1n) is 44.7. The maximum Gasteiger partial charge on any atom is 0.334 e. The molecule has 1 saturated heterocycles. The fourth-order valence-corrected chi connectivity index (χ4v) is 20.0. The van der Waals surface area contributed by atoms with E-state index in [1.54, 1.807) is 87.5 Å². The van der Waals surface area contributed by atoms with Crippen molar-refractivity contribution in [1.29, 1.82) is 0 Å². The van der Waals surface area contributed by atoms with Crippen LogP contribution < -0.4 is 0 Å². The van der Waals surface area contributed by atoms with Crippen molar-refractivity contribution in [3.8, 4) is 0 Å². The number of fused-ring (bicyclic) bond motifs is 5. The number of allylic oxidation sites excluding steroid dienone is 6. The van der Waals surface area contributed by atoms with E-state index in [4.69, 9.17) is 18.9 Å². The molecule has 123 heavy (non-hydrogen) atoms. The van der Waals surface area contributed by atoms with Gasteiger partial charge in [0.25, 0.3) is 0 Å². The van der Waals surface area contributed by atoms with Crippen LogP contribution >= 0.6 is 0 Å². The minimum atomic E-state index is -1.95. The predicted molar refractivity (Wildman–Crippen MR) is 462 cm³/mol. The van der Waals surface area contributed by atoms with E-state index in [0.29, 0.717) is 19.3 Å². The maximum atomic E-state index is 16.0. The Bertz CT molecular complexity index is 3900. The lowest BCUT2D eigenvalue weighted by Crippen LogP contribution is -2.61. The van der Waals surface area contributed by atoms with Crippen LogP contribution in [-0.2, 0) is 95.7 Å². The Labute approximate surface area is 731 Å². The van der Waals surface area contributed by atoms with Gasteiger partial charge in [-0.05, 0) is 149 Å². The summed E-state index contributed by atoms with van der Waals surface area (Å²) < 4.78 is 21.3. The normalized spacial score (nSPS) is 30.5. The second kappa shape index (κ2) is 45.8. The monoisotopic (exact) mass is 1730 g/mol. The third-order valence-corrected chi connectivity index (χ3v) is 27.3. The Balaban J connectivity index is 1.49. The van der Waals surface area contributed by atoms with Crippen LogP contribution in [0, 0.1) is 99.6 Å². The molecule has 3 unspecified atom stereocenters. The van der Waals surface area contributed by atoms with Crippen molar-refractivity contribution in [2.45, 2.75) is 282 Å². The average molecular weight is 1730 g/mol. The molecular formula is C94H149N7O22. The second-order valence-corrected chi connectivity index (χ2v) is 39.1. The van der Waals surface area contributed by atoms with Gasteiger partial charge in [0.2, 0.25) is 53.9 Å². The second-order valence-electron chi connectivity index (χ2n) is 39.1. The van der Waals surface area contributed by atoms with Gasteiger partial charge in [0.1, 0.15) is 42.7 Å². The fourth-order valence-electron chi connectivity index (χ4n) is 20.0. The van der Waals surface area contributed by atoms with Gasteiger partial charge in [-0.25, -0.2) is 9.59 Å². The lowest BCUT2D eigenvalue weighted by atomic mass is 9.46. The van der Waals surface area contributed by atoms with Crippen LogP contribution in [0.3, 0.4) is 0 Å². The summed E-state index contributed by atoms with van der Waals surface area (Å²) in [5, 5.41) is 24.0. The van der Waals surface area contributed by atoms with E-state index in [-0.39, 0.29) is 124 Å². The molecule has 692 valence electrons. The molecule has 2 N–H and O–H groups in total. The average Bonchev–Trinajstić information content (AvgIpc) is 1.59. The summed E-state index contributed by atoms with van der Waals surface area (Å²) in [6.07, 6.45) is 8.41. The highest BCUT2D eigenvalue weighted by Gasteiger charge is 2.68. The van der Waals surface area contributed by atoms with Crippen molar-refractivity contribution in [3.05, 3.63) is 36.0 Å². The summed E-state index contributed by atoms with van der Waals surface area (Å²) in [6, 6.07) is -7.46. The molecular weight excluding hydrogens is 1580 g/mol. The SMILES string of the molecule is C/C=C/C[C@@H](C)[C@@H](CC(=O)OCOC(=O)COCC(=O)OCC(=O)[C@@]1(O)CCC2C3CCC4=CC(=O)C=C[C@]4(C)C3[C@@H](O)C[C@@]21C)[C@@H]1C(=O)C[C@H](CC)C(=O)N(C)CC(=O)N(C)[C@@H](CC(C)C)C(=O)C[C@H](C(C)C)C(=O)N(C)[C@H](CC(C)C)C(=O)C[C@H](C)C(=O)C[C@@H](C)C(=O)N(C)[C@H](CC(C)C)C(=O)N(C)[C@H](CC(C)C)C(=O)N(C)[C@H](C(C)C)C(=O)N1C. The van der Waals surface area contributed by atoms with Gasteiger partial charge in [-0.15, -0.1) is 0 Å². The molecule has 5 rings (SSSR count). The number of Topliss-reactive ketones (excluding diaryl/α,β-unsaturated/α-hetero) is 5. The topological polar surface area (TPSA) is 373 Å². The zero-order valence-electron chi connectivity index (χ0n) is 78.6. The van der Waals surface area contributed by atoms with Crippen LogP contribution in [0.2, 0.25) is 0 Å². The molecule has 0 aromatic rings. The molecule has 3 saturated carbocycles. The first-order valence-corrected chi connectivity index (χ1v) is 44.7. The van der Waals surface area contributed by atoms with E-state index in [0.717, 1.165) is 15.4 Å². The summed E-state index contributed by atoms with van der Waals surface area (Å²) in [4.78, 5) is 242. The number of carbonyl (C=O) groups is 16. The van der Waals surface area contributed by atoms with Gasteiger partial charge in [-0.3, -0.25) is 67.1 Å². The summed E-state index contributed by atoms with van der Waals surface area (Å²) in [7, 11) is 10.0. The van der Waals surface area contributed by atoms with Gasteiger partial charge < -0.3 is 63.5 Å². The number of likely N-dealkylation sites (N-methyl/N-ethyl adjacent to an activating group) is 7. The predicted octanol–water partition coefficient (Wildman–Crippen LogP) is 9.46. The number of aliphatic hydroxyl groups is 2. The minimum Gasteiger partial charge on any atom is -0.456 e. The molecule has 5 aliphatic rings. The highest BCUT2D eigenvalue weighted by molar-refractivity contribution is 6.02. The van der Waals surface area contributed by atoms with E-state index in [1.165, 1.54) is 79.9 Å². The van der Waals surface area contributed by atoms with E-state index >= 15 is 24.0 Å². The Hall–Kier alpha value is -8.18. The number of carbonyl (C=O) groups excluding carboxylic acids is 16. The molecule has 0 spiro atoms. The van der Waals surface area contributed by atoms with E-state index in [9.17, 15) is 63.0 Å². The van der Waals surface area contributed by atoms with Crippen molar-refractivity contribution in [2.24, 2.45) is 99.6 Å². The van der Waals surface area contributed by atoms with Crippen LogP contribution in [0.5, 0.6) is 0 Å². The zero-order chi connectivity index (χ0) is 93.3. The smallest absolute Gasteiger partial charge is 0.334 e. The van der Waals surface area contributed by atoms with Gasteiger partial charge >= 0.3 is 17.9 Å². The third kappa shape index (κ3) is 26.0. The van der Waals surface area contributed by atoms with Crippen molar-refractivity contribution in [3.63, 3.8) is 0 Å². The Morgan fingerprint density at radius 3 is 1.60 bits per heavy atom. The van der Waals surface area contributed by atoms with Gasteiger partial charge in [-0.2, -0.15) is 0 Å². The molecule has 4 fully saturated rings. The molecule has 0 aromatic heterocycles. The Kier molecular flexibility index (Phi) is 39.2. The molecule has 0 aromatic carbocycles. The maximum absolute atomic E-state index is 16.0. The van der Waals surface area contributed by atoms with Gasteiger partial charge in [-0.1, -0.05) is 148 Å². The van der Waals surface area contributed by atoms with Crippen LogP contribution in [0.15, 0.2) is 36.0 Å².